The summed E-state index contributed by atoms with van der Waals surface area (Å²) < 4.78 is 0. The number of hydrogen-bond acceptors (Lipinski definition) is 4. The standard InChI is InChI=1S/C23H25N3OS/c1-2-17-11-13-18(14-12-17)16-20-22(27)26(19-8-4-3-5-9-19)23(28-20)25-21-10-6-7-15-24-21/h6-7,10-16,19H,2-5,8-9H2,1H3/b20-16-,25-23+. The molecule has 1 aromatic heterocycles. The van der Waals surface area contributed by atoms with Crippen molar-refractivity contribution in [2.45, 2.75) is 51.5 Å². The molecule has 28 heavy (non-hydrogen) atoms. The van der Waals surface area contributed by atoms with Crippen LogP contribution >= 0.6 is 11.8 Å². The molecule has 1 amide bonds. The van der Waals surface area contributed by atoms with Crippen LogP contribution in [0.2, 0.25) is 0 Å². The molecule has 4 rings (SSSR count). The molecule has 144 valence electrons. The Morgan fingerprint density at radius 2 is 1.93 bits per heavy atom. The van der Waals surface area contributed by atoms with Gasteiger partial charge in [0.2, 0.25) is 0 Å². The lowest BCUT2D eigenvalue weighted by Crippen LogP contribution is -2.40. The van der Waals surface area contributed by atoms with Gasteiger partial charge in [-0.25, -0.2) is 9.98 Å². The van der Waals surface area contributed by atoms with E-state index < -0.39 is 0 Å². The van der Waals surface area contributed by atoms with Crippen LogP contribution in [0.15, 0.2) is 58.6 Å². The highest BCUT2D eigenvalue weighted by Crippen LogP contribution is 2.38. The van der Waals surface area contributed by atoms with Crippen LogP contribution < -0.4 is 0 Å². The van der Waals surface area contributed by atoms with Crippen molar-refractivity contribution in [2.75, 3.05) is 0 Å². The monoisotopic (exact) mass is 391 g/mol. The average molecular weight is 392 g/mol. The normalized spacial score (nSPS) is 21.0. The van der Waals surface area contributed by atoms with E-state index in [-0.39, 0.29) is 11.9 Å². The smallest absolute Gasteiger partial charge is 0.267 e. The molecule has 1 saturated carbocycles. The molecule has 0 N–H and O–H groups in total. The molecule has 2 heterocycles. The van der Waals surface area contributed by atoms with Crippen molar-refractivity contribution in [1.82, 2.24) is 9.88 Å². The number of amides is 1. The number of carbonyl (C=O) groups is 1. The zero-order valence-corrected chi connectivity index (χ0v) is 17.0. The SMILES string of the molecule is CCc1ccc(/C=C2\S/C(=N/c3ccccn3)N(C3CCCCC3)C2=O)cc1. The molecule has 0 radical (unpaired) electrons. The van der Waals surface area contributed by atoms with Gasteiger partial charge >= 0.3 is 0 Å². The van der Waals surface area contributed by atoms with Gasteiger partial charge in [-0.1, -0.05) is 56.5 Å². The molecule has 1 aromatic carbocycles. The molecule has 0 atom stereocenters. The number of rotatable bonds is 4. The lowest BCUT2D eigenvalue weighted by atomic mass is 9.94. The van der Waals surface area contributed by atoms with Crippen LogP contribution in [0.25, 0.3) is 6.08 Å². The first-order chi connectivity index (χ1) is 13.7. The van der Waals surface area contributed by atoms with Crippen molar-refractivity contribution in [3.8, 4) is 0 Å². The van der Waals surface area contributed by atoms with Crippen LogP contribution in [0.4, 0.5) is 5.82 Å². The predicted octanol–water partition coefficient (Wildman–Crippen LogP) is 5.58. The van der Waals surface area contributed by atoms with Gasteiger partial charge in [-0.05, 0) is 60.4 Å². The van der Waals surface area contributed by atoms with Crippen LogP contribution in [-0.2, 0) is 11.2 Å². The van der Waals surface area contributed by atoms with Crippen LogP contribution in [0.3, 0.4) is 0 Å². The number of pyridine rings is 1. The van der Waals surface area contributed by atoms with Crippen LogP contribution in [-0.4, -0.2) is 27.0 Å². The van der Waals surface area contributed by atoms with E-state index in [1.54, 1.807) is 6.20 Å². The number of aliphatic imine (C=N–C) groups is 1. The fraction of sp³-hybridized carbons (Fsp3) is 0.348. The fourth-order valence-electron chi connectivity index (χ4n) is 3.74. The second-order valence-corrected chi connectivity index (χ2v) is 8.26. The summed E-state index contributed by atoms with van der Waals surface area (Å²) in [6.45, 7) is 2.15. The number of benzene rings is 1. The van der Waals surface area contributed by atoms with Crippen molar-refractivity contribution >= 4 is 34.7 Å². The molecule has 0 bridgehead atoms. The Bertz CT molecular complexity index is 884. The van der Waals surface area contributed by atoms with Gasteiger partial charge in [0.15, 0.2) is 11.0 Å². The Balaban J connectivity index is 1.66. The van der Waals surface area contributed by atoms with E-state index in [4.69, 9.17) is 4.99 Å². The number of hydrogen-bond donors (Lipinski definition) is 0. The Labute approximate surface area is 170 Å². The highest BCUT2D eigenvalue weighted by molar-refractivity contribution is 8.18. The summed E-state index contributed by atoms with van der Waals surface area (Å²) in [5, 5.41) is 0.757. The molecule has 2 aliphatic rings. The van der Waals surface area contributed by atoms with Gasteiger partial charge in [0.1, 0.15) is 0 Å². The first kappa shape index (κ1) is 18.9. The molecule has 1 saturated heterocycles. The second-order valence-electron chi connectivity index (χ2n) is 7.26. The molecule has 1 aliphatic heterocycles. The number of nitrogens with zero attached hydrogens (tertiary/aromatic N) is 3. The van der Waals surface area contributed by atoms with E-state index in [2.05, 4.69) is 36.2 Å². The summed E-state index contributed by atoms with van der Waals surface area (Å²) in [4.78, 5) is 25.0. The van der Waals surface area contributed by atoms with E-state index in [1.165, 1.54) is 36.6 Å². The summed E-state index contributed by atoms with van der Waals surface area (Å²) >= 11 is 1.47. The lowest BCUT2D eigenvalue weighted by molar-refractivity contribution is -0.124. The molecule has 0 unspecified atom stereocenters. The number of aryl methyl sites for hydroxylation is 1. The summed E-state index contributed by atoms with van der Waals surface area (Å²) in [6.07, 6.45) is 10.4. The third-order valence-corrected chi connectivity index (χ3v) is 6.30. The van der Waals surface area contributed by atoms with Gasteiger partial charge in [0, 0.05) is 12.2 Å². The highest BCUT2D eigenvalue weighted by atomic mass is 32.2. The Hall–Kier alpha value is -2.40. The fourth-order valence-corrected chi connectivity index (χ4v) is 4.79. The Morgan fingerprint density at radius 3 is 2.61 bits per heavy atom. The summed E-state index contributed by atoms with van der Waals surface area (Å²) in [6, 6.07) is 14.3. The maximum absolute atomic E-state index is 13.3. The largest absolute Gasteiger partial charge is 0.283 e. The number of thioether (sulfide) groups is 1. The van der Waals surface area contributed by atoms with Gasteiger partial charge < -0.3 is 0 Å². The van der Waals surface area contributed by atoms with Crippen molar-refractivity contribution in [1.29, 1.82) is 0 Å². The summed E-state index contributed by atoms with van der Waals surface area (Å²) in [5.41, 5.74) is 2.35. The maximum atomic E-state index is 13.3. The van der Waals surface area contributed by atoms with E-state index in [1.807, 2.05) is 29.2 Å². The van der Waals surface area contributed by atoms with Crippen LogP contribution in [0.5, 0.6) is 0 Å². The summed E-state index contributed by atoms with van der Waals surface area (Å²) in [7, 11) is 0. The van der Waals surface area contributed by atoms with Crippen molar-refractivity contribution in [3.63, 3.8) is 0 Å². The maximum Gasteiger partial charge on any atom is 0.267 e. The minimum Gasteiger partial charge on any atom is -0.283 e. The first-order valence-corrected chi connectivity index (χ1v) is 10.9. The molecular formula is C23H25N3OS. The van der Waals surface area contributed by atoms with Gasteiger partial charge in [-0.15, -0.1) is 0 Å². The molecule has 4 nitrogen and oxygen atoms in total. The number of aromatic nitrogens is 1. The van der Waals surface area contributed by atoms with Gasteiger partial charge in [-0.2, -0.15) is 0 Å². The summed E-state index contributed by atoms with van der Waals surface area (Å²) in [5.74, 6) is 0.721. The molecular weight excluding hydrogens is 366 g/mol. The third-order valence-electron chi connectivity index (χ3n) is 5.32. The topological polar surface area (TPSA) is 45.6 Å². The Kier molecular flexibility index (Phi) is 5.91. The van der Waals surface area contributed by atoms with E-state index >= 15 is 0 Å². The van der Waals surface area contributed by atoms with Gasteiger partial charge in [0.05, 0.1) is 4.91 Å². The molecule has 2 aromatic rings. The molecule has 0 spiro atoms. The minimum absolute atomic E-state index is 0.0751. The first-order valence-electron chi connectivity index (χ1n) is 10.1. The number of carbonyl (C=O) groups excluding carboxylic acids is 1. The van der Waals surface area contributed by atoms with E-state index in [9.17, 15) is 4.79 Å². The third kappa shape index (κ3) is 4.20. The molecule has 5 heteroatoms. The zero-order chi connectivity index (χ0) is 19.3. The van der Waals surface area contributed by atoms with Crippen molar-refractivity contribution < 1.29 is 4.79 Å². The highest BCUT2D eigenvalue weighted by Gasteiger charge is 2.38. The lowest BCUT2D eigenvalue weighted by Gasteiger charge is -2.30. The minimum atomic E-state index is 0.0751. The quantitative estimate of drug-likeness (QED) is 0.639. The molecule has 2 fully saturated rings. The second kappa shape index (κ2) is 8.74. The van der Waals surface area contributed by atoms with Crippen molar-refractivity contribution in [3.05, 3.63) is 64.7 Å². The predicted molar refractivity (Wildman–Crippen MR) is 116 cm³/mol. The van der Waals surface area contributed by atoms with E-state index in [0.717, 1.165) is 34.9 Å². The van der Waals surface area contributed by atoms with Crippen molar-refractivity contribution in [2.24, 2.45) is 4.99 Å². The average Bonchev–Trinajstić information content (AvgIpc) is 3.04. The molecule has 1 aliphatic carbocycles. The van der Waals surface area contributed by atoms with Gasteiger partial charge in [0.25, 0.3) is 5.91 Å². The van der Waals surface area contributed by atoms with E-state index in [0.29, 0.717) is 5.82 Å². The van der Waals surface area contributed by atoms with Gasteiger partial charge in [-0.3, -0.25) is 9.69 Å². The zero-order valence-electron chi connectivity index (χ0n) is 16.2. The Morgan fingerprint density at radius 1 is 1.14 bits per heavy atom. The van der Waals surface area contributed by atoms with Crippen LogP contribution in [0, 0.1) is 0 Å². The number of amidine groups is 1. The van der Waals surface area contributed by atoms with Crippen LogP contribution in [0.1, 0.15) is 50.2 Å².